The minimum Gasteiger partial charge on any atom is -0.486 e. The summed E-state index contributed by atoms with van der Waals surface area (Å²) >= 11 is 0. The van der Waals surface area contributed by atoms with Gasteiger partial charge in [0.15, 0.2) is 0 Å². The number of nitriles is 1. The lowest BCUT2D eigenvalue weighted by molar-refractivity contribution is 0.105. The Bertz CT molecular complexity index is 430. The topological polar surface area (TPSA) is 50.1 Å². The van der Waals surface area contributed by atoms with Crippen molar-refractivity contribution in [1.29, 1.82) is 5.26 Å². The fourth-order valence-corrected chi connectivity index (χ4v) is 1.17. The van der Waals surface area contributed by atoms with Gasteiger partial charge in [0, 0.05) is 5.56 Å². The van der Waals surface area contributed by atoms with E-state index in [0.717, 1.165) is 12.7 Å². The van der Waals surface area contributed by atoms with Crippen LogP contribution < -0.4 is 4.74 Å². The monoisotopic (exact) mass is 217 g/mol. The van der Waals surface area contributed by atoms with Gasteiger partial charge in [0.05, 0.1) is 5.56 Å². The van der Waals surface area contributed by atoms with E-state index in [1.54, 1.807) is 12.1 Å². The van der Waals surface area contributed by atoms with E-state index in [4.69, 9.17) is 10.00 Å². The lowest BCUT2D eigenvalue weighted by Crippen LogP contribution is -2.27. The SMILES string of the molecule is CCC(C)(C)Oc1ccc(C=O)cc1C#N. The first-order valence-electron chi connectivity index (χ1n) is 5.20. The molecule has 0 aliphatic heterocycles. The molecule has 0 spiro atoms. The second kappa shape index (κ2) is 4.80. The van der Waals surface area contributed by atoms with Crippen molar-refractivity contribution >= 4 is 6.29 Å². The highest BCUT2D eigenvalue weighted by molar-refractivity contribution is 5.76. The Morgan fingerprint density at radius 2 is 2.19 bits per heavy atom. The fourth-order valence-electron chi connectivity index (χ4n) is 1.17. The predicted molar refractivity (Wildman–Crippen MR) is 61.5 cm³/mol. The second-order valence-corrected chi connectivity index (χ2v) is 4.20. The summed E-state index contributed by atoms with van der Waals surface area (Å²) in [4.78, 5) is 10.6. The van der Waals surface area contributed by atoms with E-state index in [1.165, 1.54) is 6.07 Å². The number of nitrogens with zero attached hydrogens (tertiary/aromatic N) is 1. The number of aldehydes is 1. The van der Waals surface area contributed by atoms with Crippen LogP contribution in [0.4, 0.5) is 0 Å². The number of hydrogen-bond donors (Lipinski definition) is 0. The summed E-state index contributed by atoms with van der Waals surface area (Å²) in [7, 11) is 0. The lowest BCUT2D eigenvalue weighted by atomic mass is 10.1. The zero-order valence-electron chi connectivity index (χ0n) is 9.78. The average molecular weight is 217 g/mol. The minimum atomic E-state index is -0.311. The van der Waals surface area contributed by atoms with E-state index in [2.05, 4.69) is 0 Å². The van der Waals surface area contributed by atoms with Gasteiger partial charge in [0.25, 0.3) is 0 Å². The second-order valence-electron chi connectivity index (χ2n) is 4.20. The Balaban J connectivity index is 3.06. The quantitative estimate of drug-likeness (QED) is 0.728. The molecule has 0 heterocycles. The maximum Gasteiger partial charge on any atom is 0.150 e. The molecule has 0 saturated carbocycles. The van der Waals surface area contributed by atoms with Crippen molar-refractivity contribution in [2.24, 2.45) is 0 Å². The van der Waals surface area contributed by atoms with Gasteiger partial charge in [-0.3, -0.25) is 4.79 Å². The third-order valence-corrected chi connectivity index (χ3v) is 2.50. The van der Waals surface area contributed by atoms with Crippen LogP contribution in [0, 0.1) is 11.3 Å². The number of ether oxygens (including phenoxy) is 1. The molecule has 0 atom stereocenters. The maximum absolute atomic E-state index is 10.6. The summed E-state index contributed by atoms with van der Waals surface area (Å²) in [6.07, 6.45) is 1.56. The van der Waals surface area contributed by atoms with Crippen molar-refractivity contribution in [3.8, 4) is 11.8 Å². The Morgan fingerprint density at radius 3 is 2.69 bits per heavy atom. The standard InChI is InChI=1S/C13H15NO2/c1-4-13(2,3)16-12-6-5-10(9-15)7-11(12)8-14/h5-7,9H,4H2,1-3H3. The zero-order chi connectivity index (χ0) is 12.2. The van der Waals surface area contributed by atoms with Crippen LogP contribution in [0.15, 0.2) is 18.2 Å². The average Bonchev–Trinajstić information content (AvgIpc) is 2.29. The van der Waals surface area contributed by atoms with E-state index >= 15 is 0 Å². The molecular formula is C13H15NO2. The number of benzene rings is 1. The molecule has 0 amide bonds. The van der Waals surface area contributed by atoms with Crippen LogP contribution in [0.25, 0.3) is 0 Å². The number of hydrogen-bond acceptors (Lipinski definition) is 3. The van der Waals surface area contributed by atoms with Crippen molar-refractivity contribution in [2.75, 3.05) is 0 Å². The first-order chi connectivity index (χ1) is 7.52. The van der Waals surface area contributed by atoms with Crippen LogP contribution in [0.2, 0.25) is 0 Å². The predicted octanol–water partition coefficient (Wildman–Crippen LogP) is 2.94. The van der Waals surface area contributed by atoms with E-state index in [-0.39, 0.29) is 5.60 Å². The Labute approximate surface area is 95.7 Å². The van der Waals surface area contributed by atoms with Crippen LogP contribution in [0.3, 0.4) is 0 Å². The first kappa shape index (κ1) is 12.3. The molecule has 0 bridgehead atoms. The van der Waals surface area contributed by atoms with Crippen LogP contribution in [-0.2, 0) is 0 Å². The van der Waals surface area contributed by atoms with E-state index < -0.39 is 0 Å². The highest BCUT2D eigenvalue weighted by Crippen LogP contribution is 2.25. The minimum absolute atomic E-state index is 0.311. The smallest absolute Gasteiger partial charge is 0.150 e. The first-order valence-corrected chi connectivity index (χ1v) is 5.20. The van der Waals surface area contributed by atoms with Crippen molar-refractivity contribution in [1.82, 2.24) is 0 Å². The summed E-state index contributed by atoms with van der Waals surface area (Å²) in [5.41, 5.74) is 0.568. The van der Waals surface area contributed by atoms with Gasteiger partial charge in [-0.15, -0.1) is 0 Å². The van der Waals surface area contributed by atoms with Crippen LogP contribution in [-0.4, -0.2) is 11.9 Å². The zero-order valence-corrected chi connectivity index (χ0v) is 9.78. The third-order valence-electron chi connectivity index (χ3n) is 2.50. The summed E-state index contributed by atoms with van der Waals surface area (Å²) in [6.45, 7) is 5.94. The molecule has 0 aromatic heterocycles. The number of carbonyl (C=O) groups excluding carboxylic acids is 1. The molecule has 3 heteroatoms. The van der Waals surface area contributed by atoms with Gasteiger partial charge in [-0.2, -0.15) is 5.26 Å². The number of rotatable bonds is 4. The van der Waals surface area contributed by atoms with Gasteiger partial charge in [0.1, 0.15) is 23.7 Å². The molecule has 0 saturated heterocycles. The molecule has 0 unspecified atom stereocenters. The Hall–Kier alpha value is -1.82. The normalized spacial score (nSPS) is 10.6. The maximum atomic E-state index is 10.6. The molecule has 0 fully saturated rings. The molecule has 1 aromatic rings. The summed E-state index contributed by atoms with van der Waals surface area (Å²) < 4.78 is 5.73. The van der Waals surface area contributed by atoms with Crippen LogP contribution >= 0.6 is 0 Å². The van der Waals surface area contributed by atoms with Crippen molar-refractivity contribution in [3.05, 3.63) is 29.3 Å². The fraction of sp³-hybridized carbons (Fsp3) is 0.385. The van der Waals surface area contributed by atoms with Gasteiger partial charge < -0.3 is 4.74 Å². The van der Waals surface area contributed by atoms with Gasteiger partial charge in [-0.1, -0.05) is 6.92 Å². The summed E-state index contributed by atoms with van der Waals surface area (Å²) in [6, 6.07) is 6.88. The molecule has 3 nitrogen and oxygen atoms in total. The van der Waals surface area contributed by atoms with Crippen LogP contribution in [0.5, 0.6) is 5.75 Å². The molecule has 0 aliphatic rings. The van der Waals surface area contributed by atoms with Gasteiger partial charge in [-0.05, 0) is 38.5 Å². The lowest BCUT2D eigenvalue weighted by Gasteiger charge is -2.25. The molecule has 0 radical (unpaired) electrons. The largest absolute Gasteiger partial charge is 0.486 e. The summed E-state index contributed by atoms with van der Waals surface area (Å²) in [5, 5.41) is 8.96. The molecule has 0 aliphatic carbocycles. The van der Waals surface area contributed by atoms with E-state index in [1.807, 2.05) is 26.8 Å². The van der Waals surface area contributed by atoms with Gasteiger partial charge in [-0.25, -0.2) is 0 Å². The molecular weight excluding hydrogens is 202 g/mol. The highest BCUT2D eigenvalue weighted by atomic mass is 16.5. The van der Waals surface area contributed by atoms with Gasteiger partial charge >= 0.3 is 0 Å². The highest BCUT2D eigenvalue weighted by Gasteiger charge is 2.18. The Morgan fingerprint density at radius 1 is 1.50 bits per heavy atom. The molecule has 1 rings (SSSR count). The van der Waals surface area contributed by atoms with Crippen LogP contribution in [0.1, 0.15) is 43.1 Å². The van der Waals surface area contributed by atoms with Crippen molar-refractivity contribution < 1.29 is 9.53 Å². The van der Waals surface area contributed by atoms with E-state index in [0.29, 0.717) is 16.9 Å². The molecule has 16 heavy (non-hydrogen) atoms. The van der Waals surface area contributed by atoms with Crippen molar-refractivity contribution in [3.63, 3.8) is 0 Å². The third kappa shape index (κ3) is 2.83. The van der Waals surface area contributed by atoms with Crippen molar-refractivity contribution in [2.45, 2.75) is 32.8 Å². The number of carbonyl (C=O) groups is 1. The Kier molecular flexibility index (Phi) is 3.68. The molecule has 84 valence electrons. The molecule has 0 N–H and O–H groups in total. The van der Waals surface area contributed by atoms with E-state index in [9.17, 15) is 4.79 Å². The van der Waals surface area contributed by atoms with Gasteiger partial charge in [0.2, 0.25) is 0 Å². The molecule has 1 aromatic carbocycles. The summed E-state index contributed by atoms with van der Waals surface area (Å²) in [5.74, 6) is 0.528.